The van der Waals surface area contributed by atoms with Crippen LogP contribution in [-0.4, -0.2) is 6.54 Å². The second-order valence-corrected chi connectivity index (χ2v) is 7.99. The Morgan fingerprint density at radius 2 is 2.10 bits per heavy atom. The number of nitrogens with one attached hydrogen (secondary N) is 1. The van der Waals surface area contributed by atoms with Crippen LogP contribution in [0.15, 0.2) is 32.5 Å². The molecule has 1 heterocycles. The zero-order chi connectivity index (χ0) is 14.7. The van der Waals surface area contributed by atoms with Crippen molar-refractivity contribution < 1.29 is 4.39 Å². The highest BCUT2D eigenvalue weighted by atomic mass is 79.9. The van der Waals surface area contributed by atoms with Crippen LogP contribution in [0.1, 0.15) is 29.8 Å². The third-order valence-corrected chi connectivity index (χ3v) is 6.08. The van der Waals surface area contributed by atoms with Gasteiger partial charge in [-0.1, -0.05) is 34.5 Å². The summed E-state index contributed by atoms with van der Waals surface area (Å²) in [6.45, 7) is 2.95. The smallest absolute Gasteiger partial charge is 0.123 e. The molecule has 1 aromatic heterocycles. The maximum absolute atomic E-state index is 13.5. The van der Waals surface area contributed by atoms with Gasteiger partial charge in [0.1, 0.15) is 5.82 Å². The van der Waals surface area contributed by atoms with Gasteiger partial charge in [-0.3, -0.25) is 0 Å². The Labute approximate surface area is 143 Å². The lowest BCUT2D eigenvalue weighted by atomic mass is 10.0. The predicted octanol–water partition coefficient (Wildman–Crippen LogP) is 6.15. The van der Waals surface area contributed by atoms with E-state index in [1.807, 2.05) is 6.07 Å². The fourth-order valence-electron chi connectivity index (χ4n) is 1.89. The van der Waals surface area contributed by atoms with Gasteiger partial charge in [-0.15, -0.1) is 11.3 Å². The van der Waals surface area contributed by atoms with Crippen molar-refractivity contribution in [3.05, 3.63) is 53.8 Å². The molecule has 1 aromatic carbocycles. The van der Waals surface area contributed by atoms with Crippen LogP contribution in [-0.2, 0) is 0 Å². The van der Waals surface area contributed by atoms with Crippen LogP contribution in [0.4, 0.5) is 4.39 Å². The highest BCUT2D eigenvalue weighted by Gasteiger charge is 2.20. The largest absolute Gasteiger partial charge is 0.306 e. The fourth-order valence-corrected chi connectivity index (χ4v) is 4.21. The van der Waals surface area contributed by atoms with Gasteiger partial charge in [0.15, 0.2) is 0 Å². The SMILES string of the molecule is CCCNC(c1cc(Cl)c(Br)s1)c1cc(F)ccc1Br. The zero-order valence-corrected chi connectivity index (χ0v) is 15.5. The van der Waals surface area contributed by atoms with Crippen molar-refractivity contribution in [3.8, 4) is 0 Å². The zero-order valence-electron chi connectivity index (χ0n) is 10.7. The Morgan fingerprint density at radius 1 is 1.35 bits per heavy atom. The van der Waals surface area contributed by atoms with Gasteiger partial charge in [-0.05, 0) is 58.7 Å². The molecule has 0 aliphatic rings. The van der Waals surface area contributed by atoms with E-state index >= 15 is 0 Å². The summed E-state index contributed by atoms with van der Waals surface area (Å²) >= 11 is 14.6. The normalized spacial score (nSPS) is 12.7. The van der Waals surface area contributed by atoms with E-state index in [4.69, 9.17) is 11.6 Å². The third-order valence-electron chi connectivity index (χ3n) is 2.82. The molecule has 0 saturated carbocycles. The van der Waals surface area contributed by atoms with Crippen molar-refractivity contribution >= 4 is 54.8 Å². The van der Waals surface area contributed by atoms with Crippen molar-refractivity contribution in [2.45, 2.75) is 19.4 Å². The summed E-state index contributed by atoms with van der Waals surface area (Å²) in [6, 6.07) is 6.57. The molecule has 1 unspecified atom stereocenters. The van der Waals surface area contributed by atoms with Gasteiger partial charge in [0.05, 0.1) is 14.9 Å². The third kappa shape index (κ3) is 3.83. The molecule has 0 bridgehead atoms. The van der Waals surface area contributed by atoms with Gasteiger partial charge in [0.2, 0.25) is 0 Å². The maximum Gasteiger partial charge on any atom is 0.123 e. The average molecular weight is 442 g/mol. The van der Waals surface area contributed by atoms with Crippen molar-refractivity contribution in [3.63, 3.8) is 0 Å². The Morgan fingerprint density at radius 3 is 2.70 bits per heavy atom. The molecular formula is C14H13Br2ClFNS. The van der Waals surface area contributed by atoms with Crippen molar-refractivity contribution in [2.75, 3.05) is 6.54 Å². The lowest BCUT2D eigenvalue weighted by Crippen LogP contribution is -2.22. The summed E-state index contributed by atoms with van der Waals surface area (Å²) in [4.78, 5) is 1.06. The fraction of sp³-hybridized carbons (Fsp3) is 0.286. The maximum atomic E-state index is 13.5. The summed E-state index contributed by atoms with van der Waals surface area (Å²) in [5.41, 5.74) is 0.879. The molecule has 20 heavy (non-hydrogen) atoms. The second-order valence-electron chi connectivity index (χ2n) is 4.32. The van der Waals surface area contributed by atoms with Gasteiger partial charge in [-0.2, -0.15) is 0 Å². The molecule has 108 valence electrons. The molecule has 0 aliphatic heterocycles. The minimum atomic E-state index is -0.242. The van der Waals surface area contributed by atoms with Crippen LogP contribution in [0.25, 0.3) is 0 Å². The average Bonchev–Trinajstić information content (AvgIpc) is 2.74. The molecule has 1 nitrogen and oxygen atoms in total. The van der Waals surface area contributed by atoms with Crippen LogP contribution >= 0.6 is 54.8 Å². The van der Waals surface area contributed by atoms with E-state index in [2.05, 4.69) is 44.1 Å². The molecule has 2 rings (SSSR count). The highest BCUT2D eigenvalue weighted by molar-refractivity contribution is 9.11. The van der Waals surface area contributed by atoms with E-state index in [9.17, 15) is 4.39 Å². The number of benzene rings is 1. The number of halogens is 4. The summed E-state index contributed by atoms with van der Waals surface area (Å²) in [7, 11) is 0. The van der Waals surface area contributed by atoms with Crippen LogP contribution in [0.5, 0.6) is 0 Å². The highest BCUT2D eigenvalue weighted by Crippen LogP contribution is 2.39. The first-order valence-electron chi connectivity index (χ1n) is 6.16. The first-order chi connectivity index (χ1) is 9.52. The number of rotatable bonds is 5. The monoisotopic (exact) mass is 439 g/mol. The molecule has 1 N–H and O–H groups in total. The van der Waals surface area contributed by atoms with E-state index in [0.717, 1.165) is 31.7 Å². The summed E-state index contributed by atoms with van der Waals surface area (Å²) in [5, 5.41) is 4.13. The van der Waals surface area contributed by atoms with Gasteiger partial charge in [0, 0.05) is 9.35 Å². The van der Waals surface area contributed by atoms with Crippen LogP contribution < -0.4 is 5.32 Å². The minimum Gasteiger partial charge on any atom is -0.306 e. The molecule has 0 aliphatic carbocycles. The molecular weight excluding hydrogens is 428 g/mol. The molecule has 6 heteroatoms. The van der Waals surface area contributed by atoms with Crippen molar-refractivity contribution in [1.82, 2.24) is 5.32 Å². The molecule has 1 atom stereocenters. The Balaban J connectivity index is 2.43. The summed E-state index contributed by atoms with van der Waals surface area (Å²) in [6.07, 6.45) is 1.00. The molecule has 0 fully saturated rings. The molecule has 0 spiro atoms. The topological polar surface area (TPSA) is 12.0 Å². The van der Waals surface area contributed by atoms with Gasteiger partial charge < -0.3 is 5.32 Å². The van der Waals surface area contributed by atoms with Gasteiger partial charge in [0.25, 0.3) is 0 Å². The lowest BCUT2D eigenvalue weighted by Gasteiger charge is -2.19. The van der Waals surface area contributed by atoms with Crippen molar-refractivity contribution in [1.29, 1.82) is 0 Å². The number of thiophene rings is 1. The summed E-state index contributed by atoms with van der Waals surface area (Å²) < 4.78 is 15.3. The Hall–Kier alpha value is 0.0600. The Kier molecular flexibility index (Phi) is 6.05. The molecule has 2 aromatic rings. The van der Waals surface area contributed by atoms with Crippen LogP contribution in [0.2, 0.25) is 5.02 Å². The summed E-state index contributed by atoms with van der Waals surface area (Å²) in [5.74, 6) is -0.242. The van der Waals surface area contributed by atoms with E-state index in [0.29, 0.717) is 5.02 Å². The van der Waals surface area contributed by atoms with E-state index < -0.39 is 0 Å². The lowest BCUT2D eigenvalue weighted by molar-refractivity contribution is 0.589. The quantitative estimate of drug-likeness (QED) is 0.586. The first-order valence-corrected chi connectivity index (χ1v) is 8.94. The Bertz CT molecular complexity index is 583. The van der Waals surface area contributed by atoms with Gasteiger partial charge >= 0.3 is 0 Å². The predicted molar refractivity (Wildman–Crippen MR) is 91.3 cm³/mol. The van der Waals surface area contributed by atoms with Crippen molar-refractivity contribution in [2.24, 2.45) is 0 Å². The van der Waals surface area contributed by atoms with Gasteiger partial charge in [-0.25, -0.2) is 4.39 Å². The van der Waals surface area contributed by atoms with Crippen LogP contribution in [0, 0.1) is 5.82 Å². The van der Waals surface area contributed by atoms with E-state index in [-0.39, 0.29) is 11.9 Å². The molecule has 0 radical (unpaired) electrons. The molecule has 0 amide bonds. The second kappa shape index (κ2) is 7.36. The first kappa shape index (κ1) is 16.4. The van der Waals surface area contributed by atoms with E-state index in [1.165, 1.54) is 6.07 Å². The standard InChI is InChI=1S/C14H13Br2ClFNS/c1-2-5-19-13(12-7-11(17)14(16)20-12)9-6-8(18)3-4-10(9)15/h3-4,6-7,13,19H,2,5H2,1H3. The number of hydrogen-bond donors (Lipinski definition) is 1. The number of hydrogen-bond acceptors (Lipinski definition) is 2. The van der Waals surface area contributed by atoms with E-state index in [1.54, 1.807) is 23.5 Å². The van der Waals surface area contributed by atoms with Crippen LogP contribution in [0.3, 0.4) is 0 Å². The molecule has 0 saturated heterocycles. The minimum absolute atomic E-state index is 0.0752.